The summed E-state index contributed by atoms with van der Waals surface area (Å²) in [5, 5.41) is 9.47. The van der Waals surface area contributed by atoms with Crippen LogP contribution in [0.3, 0.4) is 0 Å². The fraction of sp³-hybridized carbons (Fsp3) is 0.500. The van der Waals surface area contributed by atoms with Crippen molar-refractivity contribution in [2.24, 2.45) is 5.41 Å². The van der Waals surface area contributed by atoms with Crippen LogP contribution in [0.4, 0.5) is 4.39 Å². The van der Waals surface area contributed by atoms with Crippen molar-refractivity contribution in [1.82, 2.24) is 4.90 Å². The number of amides is 1. The molecular formula is C16H20FNO5. The van der Waals surface area contributed by atoms with Gasteiger partial charge in [0.25, 0.3) is 5.91 Å². The van der Waals surface area contributed by atoms with Crippen LogP contribution < -0.4 is 4.74 Å². The van der Waals surface area contributed by atoms with Crippen molar-refractivity contribution in [3.63, 3.8) is 0 Å². The largest absolute Gasteiger partial charge is 0.484 e. The molecule has 0 bridgehead atoms. The molecule has 1 heterocycles. The smallest absolute Gasteiger partial charge is 0.313 e. The number of aliphatic carboxylic acids is 1. The van der Waals surface area contributed by atoms with Crippen molar-refractivity contribution in [2.45, 2.75) is 12.8 Å². The predicted molar refractivity (Wildman–Crippen MR) is 79.7 cm³/mol. The quantitative estimate of drug-likeness (QED) is 0.859. The molecule has 0 radical (unpaired) electrons. The minimum atomic E-state index is -1.07. The van der Waals surface area contributed by atoms with Gasteiger partial charge in [0.05, 0.1) is 6.61 Å². The third-order valence-electron chi connectivity index (χ3n) is 3.98. The maximum absolute atomic E-state index is 12.8. The van der Waals surface area contributed by atoms with E-state index in [1.807, 2.05) is 0 Å². The summed E-state index contributed by atoms with van der Waals surface area (Å²) >= 11 is 0. The molecule has 7 heteroatoms. The number of benzene rings is 1. The highest BCUT2D eigenvalue weighted by atomic mass is 19.1. The second-order valence-electron chi connectivity index (χ2n) is 5.68. The van der Waals surface area contributed by atoms with Gasteiger partial charge in [-0.25, -0.2) is 4.39 Å². The van der Waals surface area contributed by atoms with E-state index in [0.717, 1.165) is 0 Å². The Hall–Kier alpha value is -2.15. The third kappa shape index (κ3) is 4.19. The minimum absolute atomic E-state index is 0.0604. The lowest BCUT2D eigenvalue weighted by Gasteiger charge is -2.39. The maximum atomic E-state index is 12.8. The number of piperidine rings is 1. The van der Waals surface area contributed by atoms with Gasteiger partial charge in [0.15, 0.2) is 6.61 Å². The van der Waals surface area contributed by atoms with Gasteiger partial charge >= 0.3 is 5.97 Å². The number of halogens is 1. The molecule has 1 aromatic rings. The standard InChI is InChI=1S/C16H20FNO5/c1-22-11-16(15(20)21)7-2-8-18(10-16)14(19)9-23-13-5-3-12(17)4-6-13/h3-6H,2,7-11H2,1H3,(H,20,21). The van der Waals surface area contributed by atoms with E-state index in [1.165, 1.54) is 36.3 Å². The Bertz CT molecular complexity index is 558. The van der Waals surface area contributed by atoms with Gasteiger partial charge in [-0.05, 0) is 37.1 Å². The van der Waals surface area contributed by atoms with Crippen molar-refractivity contribution in [2.75, 3.05) is 33.4 Å². The fourth-order valence-corrected chi connectivity index (χ4v) is 2.74. The van der Waals surface area contributed by atoms with E-state index in [-0.39, 0.29) is 31.5 Å². The zero-order valence-corrected chi connectivity index (χ0v) is 13.0. The number of hydrogen-bond acceptors (Lipinski definition) is 4. The molecule has 0 aromatic heterocycles. The molecule has 1 aromatic carbocycles. The molecule has 1 aliphatic heterocycles. The molecule has 1 unspecified atom stereocenters. The highest BCUT2D eigenvalue weighted by Crippen LogP contribution is 2.31. The Morgan fingerprint density at radius 3 is 2.65 bits per heavy atom. The highest BCUT2D eigenvalue weighted by Gasteiger charge is 2.43. The summed E-state index contributed by atoms with van der Waals surface area (Å²) in [6, 6.07) is 5.36. The summed E-state index contributed by atoms with van der Waals surface area (Å²) < 4.78 is 23.2. The molecular weight excluding hydrogens is 305 g/mol. The van der Waals surface area contributed by atoms with Crippen molar-refractivity contribution >= 4 is 11.9 Å². The van der Waals surface area contributed by atoms with E-state index in [0.29, 0.717) is 25.1 Å². The third-order valence-corrected chi connectivity index (χ3v) is 3.98. The Labute approximate surface area is 133 Å². The Kier molecular flexibility index (Phi) is 5.54. The molecule has 0 spiro atoms. The van der Waals surface area contributed by atoms with Crippen LogP contribution in [0.1, 0.15) is 12.8 Å². The second kappa shape index (κ2) is 7.41. The monoisotopic (exact) mass is 325 g/mol. The summed E-state index contributed by atoms with van der Waals surface area (Å²) in [5.74, 6) is -1.25. The first kappa shape index (κ1) is 17.2. The number of methoxy groups -OCH3 is 1. The average molecular weight is 325 g/mol. The first-order valence-electron chi connectivity index (χ1n) is 7.35. The zero-order chi connectivity index (χ0) is 16.9. The summed E-state index contributed by atoms with van der Waals surface area (Å²) in [4.78, 5) is 25.3. The highest BCUT2D eigenvalue weighted by molar-refractivity contribution is 5.80. The number of nitrogens with zero attached hydrogens (tertiary/aromatic N) is 1. The molecule has 1 atom stereocenters. The number of carbonyl (C=O) groups excluding carboxylic acids is 1. The number of likely N-dealkylation sites (tertiary alicyclic amines) is 1. The van der Waals surface area contributed by atoms with Gasteiger partial charge in [0.2, 0.25) is 0 Å². The van der Waals surface area contributed by atoms with E-state index < -0.39 is 11.4 Å². The fourth-order valence-electron chi connectivity index (χ4n) is 2.74. The Morgan fingerprint density at radius 1 is 1.35 bits per heavy atom. The Morgan fingerprint density at radius 2 is 2.04 bits per heavy atom. The van der Waals surface area contributed by atoms with Gasteiger partial charge in [0, 0.05) is 20.2 Å². The number of carboxylic acid groups (broad SMARTS) is 1. The number of rotatable bonds is 6. The molecule has 6 nitrogen and oxygen atoms in total. The lowest BCUT2D eigenvalue weighted by molar-refractivity contribution is -0.159. The minimum Gasteiger partial charge on any atom is -0.484 e. The van der Waals surface area contributed by atoms with Gasteiger partial charge in [-0.3, -0.25) is 9.59 Å². The van der Waals surface area contributed by atoms with Crippen LogP contribution in [0.25, 0.3) is 0 Å². The van der Waals surface area contributed by atoms with Crippen LogP contribution in [0.2, 0.25) is 0 Å². The van der Waals surface area contributed by atoms with Crippen LogP contribution in [-0.2, 0) is 14.3 Å². The van der Waals surface area contributed by atoms with E-state index >= 15 is 0 Å². The summed E-state index contributed by atoms with van der Waals surface area (Å²) in [5.41, 5.74) is -1.07. The molecule has 1 N–H and O–H groups in total. The first-order chi connectivity index (χ1) is 11.0. The predicted octanol–water partition coefficient (Wildman–Crippen LogP) is 1.54. The van der Waals surface area contributed by atoms with Crippen molar-refractivity contribution in [1.29, 1.82) is 0 Å². The van der Waals surface area contributed by atoms with Crippen LogP contribution >= 0.6 is 0 Å². The molecule has 126 valence electrons. The molecule has 1 saturated heterocycles. The Balaban J connectivity index is 1.96. The number of carboxylic acids is 1. The lowest BCUT2D eigenvalue weighted by Crippen LogP contribution is -2.53. The van der Waals surface area contributed by atoms with Gasteiger partial charge in [-0.15, -0.1) is 0 Å². The van der Waals surface area contributed by atoms with Crippen LogP contribution in [0, 0.1) is 11.2 Å². The van der Waals surface area contributed by atoms with Gasteiger partial charge in [0.1, 0.15) is 17.0 Å². The molecule has 23 heavy (non-hydrogen) atoms. The number of carbonyl (C=O) groups is 2. The summed E-state index contributed by atoms with van der Waals surface area (Å²) in [6.07, 6.45) is 1.07. The average Bonchev–Trinajstić information content (AvgIpc) is 2.54. The summed E-state index contributed by atoms with van der Waals surface area (Å²) in [6.45, 7) is 0.436. The zero-order valence-electron chi connectivity index (χ0n) is 13.0. The SMILES string of the molecule is COCC1(C(=O)O)CCCN(C(=O)COc2ccc(F)cc2)C1. The van der Waals surface area contributed by atoms with E-state index in [1.54, 1.807) is 0 Å². The summed E-state index contributed by atoms with van der Waals surface area (Å²) in [7, 11) is 1.45. The van der Waals surface area contributed by atoms with Gasteiger partial charge in [-0.1, -0.05) is 0 Å². The lowest BCUT2D eigenvalue weighted by atomic mass is 9.80. The topological polar surface area (TPSA) is 76.1 Å². The molecule has 0 saturated carbocycles. The second-order valence-corrected chi connectivity index (χ2v) is 5.68. The van der Waals surface area contributed by atoms with Gasteiger partial charge in [-0.2, -0.15) is 0 Å². The van der Waals surface area contributed by atoms with Crippen molar-refractivity contribution in [3.05, 3.63) is 30.1 Å². The van der Waals surface area contributed by atoms with E-state index in [4.69, 9.17) is 9.47 Å². The molecule has 2 rings (SSSR count). The normalized spacial score (nSPS) is 21.0. The maximum Gasteiger partial charge on any atom is 0.313 e. The first-order valence-corrected chi connectivity index (χ1v) is 7.35. The van der Waals surface area contributed by atoms with Crippen molar-refractivity contribution in [3.8, 4) is 5.75 Å². The van der Waals surface area contributed by atoms with E-state index in [9.17, 15) is 19.1 Å². The van der Waals surface area contributed by atoms with Crippen molar-refractivity contribution < 1.29 is 28.6 Å². The molecule has 1 aliphatic rings. The number of ether oxygens (including phenoxy) is 2. The van der Waals surface area contributed by atoms with Crippen LogP contribution in [0.5, 0.6) is 5.75 Å². The van der Waals surface area contributed by atoms with Gasteiger partial charge < -0.3 is 19.5 Å². The van der Waals surface area contributed by atoms with E-state index in [2.05, 4.69) is 0 Å². The van der Waals surface area contributed by atoms with Crippen LogP contribution in [-0.4, -0.2) is 55.3 Å². The molecule has 0 aliphatic carbocycles. The molecule has 1 amide bonds. The molecule has 1 fully saturated rings. The number of hydrogen-bond donors (Lipinski definition) is 1. The van der Waals surface area contributed by atoms with Crippen LogP contribution in [0.15, 0.2) is 24.3 Å².